The number of benzene rings is 1. The molecule has 0 unspecified atom stereocenters. The number of aromatic nitrogens is 2. The zero-order chi connectivity index (χ0) is 19.3. The highest BCUT2D eigenvalue weighted by Crippen LogP contribution is 2.27. The van der Waals surface area contributed by atoms with E-state index < -0.39 is 18.6 Å². The molecule has 1 aromatic carbocycles. The van der Waals surface area contributed by atoms with Gasteiger partial charge in [0.25, 0.3) is 0 Å². The fraction of sp³-hybridized carbons (Fsp3) is 0.158. The number of alkyl halides is 3. The van der Waals surface area contributed by atoms with Crippen molar-refractivity contribution in [2.45, 2.75) is 12.7 Å². The van der Waals surface area contributed by atoms with E-state index in [1.54, 1.807) is 10.9 Å². The number of hydrogen-bond acceptors (Lipinski definition) is 3. The van der Waals surface area contributed by atoms with Gasteiger partial charge < -0.3 is 5.32 Å². The summed E-state index contributed by atoms with van der Waals surface area (Å²) in [7, 11) is 0. The van der Waals surface area contributed by atoms with E-state index in [-0.39, 0.29) is 0 Å². The molecule has 8 heteroatoms. The van der Waals surface area contributed by atoms with E-state index in [4.69, 9.17) is 0 Å². The van der Waals surface area contributed by atoms with E-state index in [1.165, 1.54) is 17.4 Å². The highest BCUT2D eigenvalue weighted by Gasteiger charge is 2.27. The van der Waals surface area contributed by atoms with Gasteiger partial charge in [0.2, 0.25) is 5.91 Å². The number of rotatable bonds is 6. The van der Waals surface area contributed by atoms with Crippen LogP contribution in [0.1, 0.15) is 11.1 Å². The Morgan fingerprint density at radius 3 is 2.63 bits per heavy atom. The van der Waals surface area contributed by atoms with Crippen LogP contribution < -0.4 is 5.32 Å². The second-order valence-electron chi connectivity index (χ2n) is 5.76. The van der Waals surface area contributed by atoms with Crippen LogP contribution in [0, 0.1) is 0 Å². The molecule has 0 aliphatic rings. The van der Waals surface area contributed by atoms with Crippen LogP contribution in [0.25, 0.3) is 16.6 Å². The zero-order valence-electron chi connectivity index (χ0n) is 14.1. The van der Waals surface area contributed by atoms with Crippen molar-refractivity contribution in [2.75, 3.05) is 6.54 Å². The second-order valence-corrected chi connectivity index (χ2v) is 6.71. The maximum Gasteiger partial charge on any atom is 0.405 e. The number of carbonyl (C=O) groups excluding carboxylic acids is 1. The molecule has 0 fully saturated rings. The van der Waals surface area contributed by atoms with E-state index >= 15 is 0 Å². The van der Waals surface area contributed by atoms with E-state index in [9.17, 15) is 18.0 Å². The summed E-state index contributed by atoms with van der Waals surface area (Å²) in [5.41, 5.74) is 2.41. The van der Waals surface area contributed by atoms with Gasteiger partial charge >= 0.3 is 6.18 Å². The number of amides is 1. The molecule has 0 radical (unpaired) electrons. The first-order valence-electron chi connectivity index (χ1n) is 8.08. The standard InChI is InChI=1S/C19H16F3N3OS/c20-19(21,22)13-23-17(26)9-8-15-12-25(11-14-5-2-1-3-6-14)24-18(15)16-7-4-10-27-16/h1-10,12H,11,13H2,(H,23,26)/b9-8-. The van der Waals surface area contributed by atoms with Crippen LogP contribution in [0.15, 0.2) is 60.1 Å². The van der Waals surface area contributed by atoms with Crippen molar-refractivity contribution in [1.29, 1.82) is 0 Å². The smallest absolute Gasteiger partial charge is 0.343 e. The van der Waals surface area contributed by atoms with Crippen molar-refractivity contribution < 1.29 is 18.0 Å². The minimum Gasteiger partial charge on any atom is -0.343 e. The van der Waals surface area contributed by atoms with Crippen molar-refractivity contribution in [2.24, 2.45) is 0 Å². The molecule has 0 aliphatic heterocycles. The lowest BCUT2D eigenvalue weighted by molar-refractivity contribution is -0.135. The third kappa shape index (κ3) is 5.55. The number of thiophene rings is 1. The summed E-state index contributed by atoms with van der Waals surface area (Å²) < 4.78 is 38.3. The molecule has 4 nitrogen and oxygen atoms in total. The van der Waals surface area contributed by atoms with Gasteiger partial charge in [0.1, 0.15) is 12.2 Å². The van der Waals surface area contributed by atoms with Gasteiger partial charge in [-0.3, -0.25) is 9.48 Å². The van der Waals surface area contributed by atoms with Crippen LogP contribution in [0.2, 0.25) is 0 Å². The molecular weight excluding hydrogens is 375 g/mol. The first-order valence-corrected chi connectivity index (χ1v) is 8.96. The lowest BCUT2D eigenvalue weighted by Crippen LogP contribution is -2.32. The van der Waals surface area contributed by atoms with Gasteiger partial charge in [-0.1, -0.05) is 36.4 Å². The molecule has 0 saturated carbocycles. The van der Waals surface area contributed by atoms with Gasteiger partial charge in [0, 0.05) is 17.8 Å². The van der Waals surface area contributed by atoms with Gasteiger partial charge in [-0.05, 0) is 23.1 Å². The van der Waals surface area contributed by atoms with Crippen LogP contribution in [0.4, 0.5) is 13.2 Å². The minimum absolute atomic E-state index is 0.549. The van der Waals surface area contributed by atoms with Crippen LogP contribution >= 0.6 is 11.3 Å². The van der Waals surface area contributed by atoms with Gasteiger partial charge in [-0.2, -0.15) is 18.3 Å². The van der Waals surface area contributed by atoms with Crippen LogP contribution in [-0.2, 0) is 11.3 Å². The molecule has 3 rings (SSSR count). The zero-order valence-corrected chi connectivity index (χ0v) is 14.9. The molecule has 0 saturated heterocycles. The lowest BCUT2D eigenvalue weighted by atomic mass is 10.2. The molecule has 27 heavy (non-hydrogen) atoms. The Bertz CT molecular complexity index is 916. The van der Waals surface area contributed by atoms with Crippen molar-refractivity contribution >= 4 is 23.3 Å². The monoisotopic (exact) mass is 391 g/mol. The predicted octanol–water partition coefficient (Wildman–Crippen LogP) is 4.35. The largest absolute Gasteiger partial charge is 0.405 e. The first kappa shape index (κ1) is 18.9. The second kappa shape index (κ2) is 8.22. The Labute approximate surface area is 158 Å². The average Bonchev–Trinajstić information content (AvgIpc) is 3.28. The summed E-state index contributed by atoms with van der Waals surface area (Å²) in [6.07, 6.45) is -0.0935. The molecule has 3 aromatic rings. The fourth-order valence-electron chi connectivity index (χ4n) is 2.43. The Kier molecular flexibility index (Phi) is 5.75. The highest BCUT2D eigenvalue weighted by atomic mass is 32.1. The predicted molar refractivity (Wildman–Crippen MR) is 99.2 cm³/mol. The summed E-state index contributed by atoms with van der Waals surface area (Å²) in [5.74, 6) is -0.805. The molecule has 1 amide bonds. The summed E-state index contributed by atoms with van der Waals surface area (Å²) in [6, 6.07) is 13.5. The first-order chi connectivity index (χ1) is 12.9. The number of carbonyl (C=O) groups is 1. The van der Waals surface area contributed by atoms with Crippen LogP contribution in [-0.4, -0.2) is 28.4 Å². The third-order valence-corrected chi connectivity index (χ3v) is 4.49. The van der Waals surface area contributed by atoms with E-state index in [0.717, 1.165) is 16.5 Å². The van der Waals surface area contributed by atoms with Crippen LogP contribution in [0.5, 0.6) is 0 Å². The van der Waals surface area contributed by atoms with E-state index in [2.05, 4.69) is 5.10 Å². The van der Waals surface area contributed by atoms with Gasteiger partial charge in [-0.25, -0.2) is 0 Å². The highest BCUT2D eigenvalue weighted by molar-refractivity contribution is 7.13. The van der Waals surface area contributed by atoms with Gasteiger partial charge in [0.15, 0.2) is 0 Å². The van der Waals surface area contributed by atoms with Crippen LogP contribution in [0.3, 0.4) is 0 Å². The summed E-state index contributed by atoms with van der Waals surface area (Å²) in [4.78, 5) is 12.6. The Balaban J connectivity index is 1.80. The molecule has 0 bridgehead atoms. The Morgan fingerprint density at radius 2 is 1.96 bits per heavy atom. The summed E-state index contributed by atoms with van der Waals surface area (Å²) in [6.45, 7) is -0.811. The van der Waals surface area contributed by atoms with E-state index in [0.29, 0.717) is 17.8 Å². The quantitative estimate of drug-likeness (QED) is 0.635. The normalized spacial score (nSPS) is 11.8. The number of hydrogen-bond donors (Lipinski definition) is 1. The number of nitrogens with zero attached hydrogens (tertiary/aromatic N) is 2. The topological polar surface area (TPSA) is 46.9 Å². The summed E-state index contributed by atoms with van der Waals surface area (Å²) >= 11 is 1.50. The average molecular weight is 391 g/mol. The van der Waals surface area contributed by atoms with Gasteiger partial charge in [-0.15, -0.1) is 11.3 Å². The van der Waals surface area contributed by atoms with Crippen molar-refractivity contribution in [3.05, 3.63) is 71.2 Å². The minimum atomic E-state index is -4.44. The number of nitrogens with one attached hydrogen (secondary N) is 1. The Hall–Kier alpha value is -2.87. The molecule has 140 valence electrons. The Morgan fingerprint density at radius 1 is 1.19 bits per heavy atom. The SMILES string of the molecule is O=C(/C=C\c1cn(Cc2ccccc2)nc1-c1cccs1)NCC(F)(F)F. The van der Waals surface area contributed by atoms with E-state index in [1.807, 2.05) is 53.2 Å². The molecule has 0 spiro atoms. The third-order valence-electron chi connectivity index (χ3n) is 3.61. The van der Waals surface area contributed by atoms with Crippen molar-refractivity contribution in [3.63, 3.8) is 0 Å². The maximum absolute atomic E-state index is 12.2. The summed E-state index contributed by atoms with van der Waals surface area (Å²) in [5, 5.41) is 8.31. The molecule has 2 aromatic heterocycles. The number of halogens is 3. The molecular formula is C19H16F3N3OS. The van der Waals surface area contributed by atoms with Crippen molar-refractivity contribution in [1.82, 2.24) is 15.1 Å². The fourth-order valence-corrected chi connectivity index (χ4v) is 3.16. The molecule has 0 atom stereocenters. The van der Waals surface area contributed by atoms with Gasteiger partial charge in [0.05, 0.1) is 11.4 Å². The maximum atomic E-state index is 12.2. The molecule has 1 N–H and O–H groups in total. The lowest BCUT2D eigenvalue weighted by Gasteiger charge is -2.05. The van der Waals surface area contributed by atoms with Crippen molar-refractivity contribution in [3.8, 4) is 10.6 Å². The molecule has 0 aliphatic carbocycles. The molecule has 2 heterocycles.